The number of rotatable bonds is 5. The van der Waals surface area contributed by atoms with Gasteiger partial charge in [-0.2, -0.15) is 14.0 Å². The topological polar surface area (TPSA) is 35.8 Å². The fraction of sp³-hybridized carbons (Fsp3) is 0.318. The molecule has 0 heterocycles. The zero-order valence-corrected chi connectivity index (χ0v) is 15.3. The summed E-state index contributed by atoms with van der Waals surface area (Å²) in [5.74, 6) is 0. The van der Waals surface area contributed by atoms with Crippen molar-refractivity contribution in [3.63, 3.8) is 0 Å². The fourth-order valence-corrected chi connectivity index (χ4v) is 3.84. The van der Waals surface area contributed by atoms with Crippen molar-refractivity contribution in [2.45, 2.75) is 44.9 Å². The number of aryl methyl sites for hydroxylation is 2. The molecule has 2 aromatic rings. The van der Waals surface area contributed by atoms with E-state index < -0.39 is 18.3 Å². The quantitative estimate of drug-likeness (QED) is 0.589. The smallest absolute Gasteiger partial charge is 0.245 e. The Labute approximate surface area is 157 Å². The normalized spacial score (nSPS) is 18.8. The predicted octanol–water partition coefficient (Wildman–Crippen LogP) is 5.07. The Bertz CT molecular complexity index is 928. The van der Waals surface area contributed by atoms with Crippen molar-refractivity contribution >= 4 is 0 Å². The van der Waals surface area contributed by atoms with Gasteiger partial charge in [0.15, 0.2) is 0 Å². The molecule has 1 N–H and O–H groups in total. The number of fused-ring (bicyclic) bond motifs is 1. The first kappa shape index (κ1) is 19.2. The Morgan fingerprint density at radius 3 is 2.70 bits per heavy atom. The van der Waals surface area contributed by atoms with Gasteiger partial charge in [0.05, 0.1) is 17.7 Å². The van der Waals surface area contributed by atoms with Crippen LogP contribution in [0.2, 0.25) is 0 Å². The highest BCUT2D eigenvalue weighted by atomic mass is 19.3. The maximum Gasteiger partial charge on any atom is 0.322 e. The van der Waals surface area contributed by atoms with E-state index in [1.165, 1.54) is 0 Å². The third-order valence-corrected chi connectivity index (χ3v) is 5.01. The van der Waals surface area contributed by atoms with E-state index in [0.717, 1.165) is 27.8 Å². The Balaban J connectivity index is 2.00. The van der Waals surface area contributed by atoms with Crippen LogP contribution < -0.4 is 5.32 Å². The van der Waals surface area contributed by atoms with Gasteiger partial charge in [0, 0.05) is 6.42 Å². The number of hydrogen-bond acceptors (Lipinski definition) is 2. The third-order valence-electron chi connectivity index (χ3n) is 5.01. The van der Waals surface area contributed by atoms with Crippen molar-refractivity contribution in [3.8, 4) is 6.07 Å². The lowest BCUT2D eigenvalue weighted by Gasteiger charge is -2.23. The molecular weight excluding hydrogens is 349 g/mol. The zero-order chi connectivity index (χ0) is 19.8. The maximum atomic E-state index is 14.7. The van der Waals surface area contributed by atoms with E-state index in [0.29, 0.717) is 23.6 Å². The summed E-state index contributed by atoms with van der Waals surface area (Å²) in [5, 5.41) is 11.3. The first-order chi connectivity index (χ1) is 12.7. The van der Waals surface area contributed by atoms with Crippen LogP contribution in [0.3, 0.4) is 0 Å². The molecule has 0 saturated carbocycles. The Morgan fingerprint density at radius 2 is 2.04 bits per heavy atom. The van der Waals surface area contributed by atoms with Gasteiger partial charge in [-0.3, -0.25) is 0 Å². The SMILES string of the molecule is C=CC(F)(F)NC1c2c(C)ccc(Cc3cc(C)cc(C#N)c3)c2CC1F. The summed E-state index contributed by atoms with van der Waals surface area (Å²) >= 11 is 0. The van der Waals surface area contributed by atoms with Crippen LogP contribution in [0.15, 0.2) is 43.0 Å². The lowest BCUT2D eigenvalue weighted by molar-refractivity contribution is -0.00459. The van der Waals surface area contributed by atoms with E-state index in [-0.39, 0.29) is 6.42 Å². The number of hydrogen-bond donors (Lipinski definition) is 1. The van der Waals surface area contributed by atoms with Crippen LogP contribution in [0.25, 0.3) is 0 Å². The highest BCUT2D eigenvalue weighted by Crippen LogP contribution is 2.40. The summed E-state index contributed by atoms with van der Waals surface area (Å²) < 4.78 is 42.2. The van der Waals surface area contributed by atoms with Gasteiger partial charge in [0.25, 0.3) is 0 Å². The molecule has 0 radical (unpaired) electrons. The van der Waals surface area contributed by atoms with Gasteiger partial charge in [-0.1, -0.05) is 24.8 Å². The molecule has 3 rings (SSSR count). The van der Waals surface area contributed by atoms with Crippen LogP contribution >= 0.6 is 0 Å². The molecule has 0 fully saturated rings. The summed E-state index contributed by atoms with van der Waals surface area (Å²) in [6.07, 6.45) is -0.324. The Hall–Kier alpha value is -2.58. The molecule has 1 aliphatic carbocycles. The van der Waals surface area contributed by atoms with E-state index in [2.05, 4.69) is 18.0 Å². The molecule has 140 valence electrons. The van der Waals surface area contributed by atoms with Crippen LogP contribution in [0.5, 0.6) is 0 Å². The van der Waals surface area contributed by atoms with Crippen LogP contribution in [-0.4, -0.2) is 12.2 Å². The Morgan fingerprint density at radius 1 is 1.30 bits per heavy atom. The molecule has 0 saturated heterocycles. The van der Waals surface area contributed by atoms with E-state index in [1.807, 2.05) is 38.1 Å². The average Bonchev–Trinajstić information content (AvgIpc) is 2.94. The van der Waals surface area contributed by atoms with Crippen molar-refractivity contribution in [2.75, 3.05) is 0 Å². The van der Waals surface area contributed by atoms with Gasteiger partial charge >= 0.3 is 6.05 Å². The van der Waals surface area contributed by atoms with Crippen molar-refractivity contribution in [1.29, 1.82) is 5.26 Å². The van der Waals surface area contributed by atoms with Gasteiger partial charge in [0.1, 0.15) is 6.17 Å². The molecule has 0 aliphatic heterocycles. The van der Waals surface area contributed by atoms with Crippen LogP contribution in [0, 0.1) is 25.2 Å². The number of halogens is 3. The third kappa shape index (κ3) is 3.91. The largest absolute Gasteiger partial charge is 0.322 e. The van der Waals surface area contributed by atoms with E-state index in [4.69, 9.17) is 5.26 Å². The second-order valence-corrected chi connectivity index (χ2v) is 7.10. The Kier molecular flexibility index (Phi) is 5.12. The number of alkyl halides is 3. The zero-order valence-electron chi connectivity index (χ0n) is 15.3. The van der Waals surface area contributed by atoms with Gasteiger partial charge in [-0.05, 0) is 71.9 Å². The molecule has 0 aromatic heterocycles. The monoisotopic (exact) mass is 370 g/mol. The fourth-order valence-electron chi connectivity index (χ4n) is 3.84. The number of benzene rings is 2. The van der Waals surface area contributed by atoms with Crippen molar-refractivity contribution in [3.05, 3.63) is 81.9 Å². The minimum absolute atomic E-state index is 0.0914. The van der Waals surface area contributed by atoms with Crippen molar-refractivity contribution in [2.24, 2.45) is 0 Å². The summed E-state index contributed by atoms with van der Waals surface area (Å²) in [5.41, 5.74) is 5.56. The lowest BCUT2D eigenvalue weighted by atomic mass is 9.92. The van der Waals surface area contributed by atoms with E-state index >= 15 is 0 Å². The molecule has 2 nitrogen and oxygen atoms in total. The van der Waals surface area contributed by atoms with Gasteiger partial charge in [0.2, 0.25) is 0 Å². The minimum atomic E-state index is -3.34. The van der Waals surface area contributed by atoms with Crippen molar-refractivity contribution in [1.82, 2.24) is 5.32 Å². The number of nitrogens with one attached hydrogen (secondary N) is 1. The van der Waals surface area contributed by atoms with E-state index in [9.17, 15) is 13.2 Å². The predicted molar refractivity (Wildman–Crippen MR) is 99.5 cm³/mol. The highest BCUT2D eigenvalue weighted by molar-refractivity contribution is 5.49. The van der Waals surface area contributed by atoms with Crippen LogP contribution in [-0.2, 0) is 12.8 Å². The second-order valence-electron chi connectivity index (χ2n) is 7.10. The first-order valence-electron chi connectivity index (χ1n) is 8.79. The molecule has 2 aromatic carbocycles. The molecule has 5 heteroatoms. The van der Waals surface area contributed by atoms with Crippen LogP contribution in [0.1, 0.15) is 45.0 Å². The number of nitrogens with zero attached hydrogens (tertiary/aromatic N) is 1. The van der Waals surface area contributed by atoms with Crippen LogP contribution in [0.4, 0.5) is 13.2 Å². The molecular formula is C22H21F3N2. The highest BCUT2D eigenvalue weighted by Gasteiger charge is 2.40. The first-order valence-corrected chi connectivity index (χ1v) is 8.79. The number of nitriles is 1. The van der Waals surface area contributed by atoms with Gasteiger partial charge in [-0.15, -0.1) is 0 Å². The summed E-state index contributed by atoms with van der Waals surface area (Å²) in [7, 11) is 0. The van der Waals surface area contributed by atoms with Gasteiger partial charge in [-0.25, -0.2) is 9.71 Å². The standard InChI is InChI=1S/C22H21F3N2/c1-4-22(24,25)27-21-19(23)11-18-17(6-5-14(3)20(18)21)10-15-7-13(2)8-16(9-15)12-26/h4-9,19,21,27H,1,10-11H2,2-3H3. The second kappa shape index (κ2) is 7.21. The lowest BCUT2D eigenvalue weighted by Crippen LogP contribution is -2.40. The molecule has 0 spiro atoms. The average molecular weight is 370 g/mol. The molecule has 0 amide bonds. The molecule has 27 heavy (non-hydrogen) atoms. The molecule has 2 unspecified atom stereocenters. The van der Waals surface area contributed by atoms with Gasteiger partial charge < -0.3 is 0 Å². The molecule has 1 aliphatic rings. The maximum absolute atomic E-state index is 14.7. The molecule has 2 atom stereocenters. The summed E-state index contributed by atoms with van der Waals surface area (Å²) in [4.78, 5) is 0. The van der Waals surface area contributed by atoms with Crippen molar-refractivity contribution < 1.29 is 13.2 Å². The van der Waals surface area contributed by atoms with E-state index in [1.54, 1.807) is 6.07 Å². The molecule has 0 bridgehead atoms. The summed E-state index contributed by atoms with van der Waals surface area (Å²) in [6.45, 7) is 6.84. The minimum Gasteiger partial charge on any atom is -0.245 e. The summed E-state index contributed by atoms with van der Waals surface area (Å²) in [6, 6.07) is 7.09.